The summed E-state index contributed by atoms with van der Waals surface area (Å²) in [7, 11) is 1.56. The van der Waals surface area contributed by atoms with Crippen molar-refractivity contribution >= 4 is 0 Å². The Morgan fingerprint density at radius 1 is 0.833 bits per heavy atom. The largest absolute Gasteiger partial charge is 0.497 e. The van der Waals surface area contributed by atoms with Crippen LogP contribution < -0.4 is 9.47 Å². The molecule has 0 amide bonds. The first kappa shape index (κ1) is 19.6. The Morgan fingerprint density at radius 2 is 1.47 bits per heavy atom. The number of nitrogens with zero attached hydrogens (tertiary/aromatic N) is 1. The lowest BCUT2D eigenvalue weighted by atomic mass is 10.1. The van der Waals surface area contributed by atoms with Gasteiger partial charge in [0, 0.05) is 11.1 Å². The van der Waals surface area contributed by atoms with Crippen molar-refractivity contribution in [1.82, 2.24) is 4.98 Å². The molecule has 0 saturated heterocycles. The number of oxazole rings is 1. The average Bonchev–Trinajstić information content (AvgIpc) is 3.25. The summed E-state index contributed by atoms with van der Waals surface area (Å²) < 4.78 is 42.8. The molecule has 30 heavy (non-hydrogen) atoms. The van der Waals surface area contributed by atoms with Crippen LogP contribution in [0.1, 0.15) is 17.9 Å². The minimum atomic E-state index is -2.80. The van der Waals surface area contributed by atoms with Crippen LogP contribution in [-0.4, -0.2) is 12.1 Å². The Bertz CT molecular complexity index is 1090. The van der Waals surface area contributed by atoms with E-state index in [9.17, 15) is 8.78 Å². The zero-order valence-corrected chi connectivity index (χ0v) is 16.2. The van der Waals surface area contributed by atoms with Crippen LogP contribution in [0.25, 0.3) is 22.6 Å². The Balaban J connectivity index is 1.60. The Labute approximate surface area is 172 Å². The van der Waals surface area contributed by atoms with E-state index < -0.39 is 12.3 Å². The first-order valence-corrected chi connectivity index (χ1v) is 9.34. The van der Waals surface area contributed by atoms with Crippen LogP contribution >= 0.6 is 0 Å². The van der Waals surface area contributed by atoms with Crippen molar-refractivity contribution in [3.63, 3.8) is 0 Å². The van der Waals surface area contributed by atoms with Crippen molar-refractivity contribution in [3.05, 3.63) is 90.3 Å². The summed E-state index contributed by atoms with van der Waals surface area (Å²) in [5, 5.41) is 0. The van der Waals surface area contributed by atoms with Gasteiger partial charge in [-0.1, -0.05) is 30.3 Å². The third kappa shape index (κ3) is 4.33. The second kappa shape index (κ2) is 8.78. The SMILES string of the molecule is COc1ccc(-c2nc(C(F)F)oc2-c2ccc(OCc3ccccc3)cc2)cc1. The molecule has 0 aliphatic heterocycles. The van der Waals surface area contributed by atoms with E-state index in [1.165, 1.54) is 0 Å². The van der Waals surface area contributed by atoms with Crippen molar-refractivity contribution in [1.29, 1.82) is 0 Å². The lowest BCUT2D eigenvalue weighted by Crippen LogP contribution is -1.94. The summed E-state index contributed by atoms with van der Waals surface area (Å²) in [4.78, 5) is 4.02. The number of ether oxygens (including phenoxy) is 2. The van der Waals surface area contributed by atoms with Gasteiger partial charge in [0.15, 0.2) is 5.76 Å². The number of rotatable bonds is 7. The average molecular weight is 407 g/mol. The maximum Gasteiger partial charge on any atom is 0.313 e. The molecule has 0 saturated carbocycles. The maximum absolute atomic E-state index is 13.2. The van der Waals surface area contributed by atoms with Crippen LogP contribution in [0.4, 0.5) is 8.78 Å². The number of aromatic nitrogens is 1. The summed E-state index contributed by atoms with van der Waals surface area (Å²) in [5.41, 5.74) is 2.70. The second-order valence-corrected chi connectivity index (χ2v) is 6.56. The number of halogens is 2. The number of methoxy groups -OCH3 is 1. The molecule has 4 rings (SSSR count). The lowest BCUT2D eigenvalue weighted by Gasteiger charge is -2.07. The summed E-state index contributed by atoms with van der Waals surface area (Å²) in [6.45, 7) is 0.440. The van der Waals surface area contributed by atoms with Crippen molar-refractivity contribution < 1.29 is 22.7 Å². The molecule has 4 nitrogen and oxygen atoms in total. The Morgan fingerprint density at radius 3 is 2.10 bits per heavy atom. The molecule has 3 aromatic carbocycles. The number of benzene rings is 3. The molecule has 1 heterocycles. The van der Waals surface area contributed by atoms with Crippen LogP contribution in [-0.2, 0) is 6.61 Å². The fourth-order valence-corrected chi connectivity index (χ4v) is 3.01. The molecule has 0 bridgehead atoms. The number of alkyl halides is 2. The highest BCUT2D eigenvalue weighted by Gasteiger charge is 2.22. The van der Waals surface area contributed by atoms with Crippen molar-refractivity contribution in [2.45, 2.75) is 13.0 Å². The van der Waals surface area contributed by atoms with Gasteiger partial charge in [-0.05, 0) is 54.1 Å². The highest BCUT2D eigenvalue weighted by molar-refractivity contribution is 5.77. The summed E-state index contributed by atoms with van der Waals surface area (Å²) >= 11 is 0. The molecule has 0 fully saturated rings. The quantitative estimate of drug-likeness (QED) is 0.349. The van der Waals surface area contributed by atoms with Crippen molar-refractivity contribution in [3.8, 4) is 34.1 Å². The van der Waals surface area contributed by atoms with Gasteiger partial charge >= 0.3 is 6.43 Å². The molecule has 0 radical (unpaired) electrons. The van der Waals surface area contributed by atoms with E-state index in [0.29, 0.717) is 34.9 Å². The van der Waals surface area contributed by atoms with Crippen LogP contribution in [0.2, 0.25) is 0 Å². The molecule has 0 aliphatic rings. The highest BCUT2D eigenvalue weighted by atomic mass is 19.3. The van der Waals surface area contributed by atoms with Gasteiger partial charge in [0.05, 0.1) is 7.11 Å². The predicted octanol–water partition coefficient (Wildman–Crippen LogP) is 6.53. The van der Waals surface area contributed by atoms with Gasteiger partial charge in [0.1, 0.15) is 23.8 Å². The topological polar surface area (TPSA) is 44.5 Å². The standard InChI is InChI=1S/C24H19F2NO3/c1-28-19-11-7-17(8-12-19)21-22(30-24(27-21)23(25)26)18-9-13-20(14-10-18)29-15-16-5-3-2-4-6-16/h2-14,23H,15H2,1H3. The molecule has 0 spiro atoms. The number of hydrogen-bond donors (Lipinski definition) is 0. The number of hydrogen-bond acceptors (Lipinski definition) is 4. The van der Waals surface area contributed by atoms with E-state index in [1.807, 2.05) is 30.3 Å². The Kier molecular flexibility index (Phi) is 5.75. The lowest BCUT2D eigenvalue weighted by molar-refractivity contribution is 0.116. The molecule has 6 heteroatoms. The highest BCUT2D eigenvalue weighted by Crippen LogP contribution is 2.36. The van der Waals surface area contributed by atoms with E-state index in [2.05, 4.69) is 4.98 Å². The normalized spacial score (nSPS) is 10.9. The molecule has 0 aliphatic carbocycles. The summed E-state index contributed by atoms with van der Waals surface area (Å²) in [5.74, 6) is 1.00. The molecule has 0 atom stereocenters. The van der Waals surface area contributed by atoms with E-state index in [1.54, 1.807) is 55.6 Å². The summed E-state index contributed by atoms with van der Waals surface area (Å²) in [6, 6.07) is 23.9. The fraction of sp³-hybridized carbons (Fsp3) is 0.125. The van der Waals surface area contributed by atoms with Crippen LogP contribution in [0.15, 0.2) is 83.3 Å². The van der Waals surface area contributed by atoms with E-state index in [-0.39, 0.29) is 5.76 Å². The third-order valence-electron chi connectivity index (χ3n) is 4.56. The van der Waals surface area contributed by atoms with E-state index >= 15 is 0 Å². The predicted molar refractivity (Wildman–Crippen MR) is 110 cm³/mol. The van der Waals surface area contributed by atoms with Gasteiger partial charge < -0.3 is 13.9 Å². The van der Waals surface area contributed by atoms with Gasteiger partial charge in [0.25, 0.3) is 5.89 Å². The first-order chi connectivity index (χ1) is 14.6. The van der Waals surface area contributed by atoms with E-state index in [4.69, 9.17) is 13.9 Å². The molecular weight excluding hydrogens is 388 g/mol. The third-order valence-corrected chi connectivity index (χ3v) is 4.56. The van der Waals surface area contributed by atoms with Crippen LogP contribution in [0.5, 0.6) is 11.5 Å². The smallest absolute Gasteiger partial charge is 0.313 e. The monoisotopic (exact) mass is 407 g/mol. The minimum Gasteiger partial charge on any atom is -0.497 e. The maximum atomic E-state index is 13.2. The van der Waals surface area contributed by atoms with Gasteiger partial charge in [-0.2, -0.15) is 8.78 Å². The van der Waals surface area contributed by atoms with Crippen LogP contribution in [0.3, 0.4) is 0 Å². The van der Waals surface area contributed by atoms with Gasteiger partial charge in [-0.3, -0.25) is 0 Å². The zero-order chi connectivity index (χ0) is 20.9. The van der Waals surface area contributed by atoms with E-state index in [0.717, 1.165) is 5.56 Å². The first-order valence-electron chi connectivity index (χ1n) is 9.34. The molecule has 152 valence electrons. The van der Waals surface area contributed by atoms with Gasteiger partial charge in [-0.15, -0.1) is 0 Å². The minimum absolute atomic E-state index is 0.282. The van der Waals surface area contributed by atoms with Gasteiger partial charge in [-0.25, -0.2) is 4.98 Å². The summed E-state index contributed by atoms with van der Waals surface area (Å²) in [6.07, 6.45) is -2.80. The molecule has 0 unspecified atom stereocenters. The van der Waals surface area contributed by atoms with Crippen molar-refractivity contribution in [2.24, 2.45) is 0 Å². The van der Waals surface area contributed by atoms with Crippen LogP contribution in [0, 0.1) is 0 Å². The molecule has 1 aromatic heterocycles. The molecular formula is C24H19F2NO3. The van der Waals surface area contributed by atoms with Gasteiger partial charge in [0.2, 0.25) is 0 Å². The molecule has 0 N–H and O–H groups in total. The molecule has 4 aromatic rings. The fourth-order valence-electron chi connectivity index (χ4n) is 3.01. The van der Waals surface area contributed by atoms with Crippen molar-refractivity contribution in [2.75, 3.05) is 7.11 Å². The zero-order valence-electron chi connectivity index (χ0n) is 16.2. The Hall–Kier alpha value is -3.67. The second-order valence-electron chi connectivity index (χ2n) is 6.56.